The number of halogens is 3. The van der Waals surface area contributed by atoms with Crippen LogP contribution in [0.25, 0.3) is 22.0 Å². The molecule has 2 amide bonds. The number of pyridine rings is 1. The highest BCUT2D eigenvalue weighted by Gasteiger charge is 2.44. The third-order valence-corrected chi connectivity index (χ3v) is 10.0. The molecule has 0 bridgehead atoms. The molecule has 0 radical (unpaired) electrons. The molecule has 230 valence electrons. The Morgan fingerprint density at radius 2 is 1.84 bits per heavy atom. The number of carbonyl (C=O) groups excluding carboxylic acids is 3. The van der Waals surface area contributed by atoms with E-state index in [0.717, 1.165) is 11.1 Å². The number of hydrogen-bond donors (Lipinski definition) is 2. The Morgan fingerprint density at radius 3 is 2.48 bits per heavy atom. The van der Waals surface area contributed by atoms with Gasteiger partial charge in [-0.1, -0.05) is 29.5 Å². The fourth-order valence-corrected chi connectivity index (χ4v) is 6.72. The van der Waals surface area contributed by atoms with Crippen LogP contribution in [0, 0.1) is 25.6 Å². The van der Waals surface area contributed by atoms with E-state index in [-0.39, 0.29) is 44.3 Å². The number of Topliss-reactive ketones (excluding diaryl/α,β-unsaturated/α-hetero) is 1. The fraction of sp³-hybridized carbons (Fsp3) is 0.367. The van der Waals surface area contributed by atoms with Gasteiger partial charge in [-0.3, -0.25) is 19.1 Å². The number of aliphatic hydroxyl groups is 1. The molecule has 44 heavy (non-hydrogen) atoms. The topological polar surface area (TPSA) is 143 Å². The van der Waals surface area contributed by atoms with Crippen molar-refractivity contribution in [2.75, 3.05) is 5.32 Å². The number of hydrogen-bond acceptors (Lipinski definition) is 8. The Hall–Kier alpha value is -3.37. The van der Waals surface area contributed by atoms with Crippen molar-refractivity contribution in [3.8, 4) is 11.1 Å². The largest absolute Gasteiger partial charge is 0.385 e. The van der Waals surface area contributed by atoms with Crippen LogP contribution in [-0.2, 0) is 16.1 Å². The summed E-state index contributed by atoms with van der Waals surface area (Å²) in [4.78, 5) is 54.1. The molecule has 0 unspecified atom stereocenters. The molecule has 1 saturated heterocycles. The Balaban J connectivity index is 1.46. The number of benzene rings is 1. The quantitative estimate of drug-likeness (QED) is 0.0847. The van der Waals surface area contributed by atoms with Gasteiger partial charge in [-0.05, 0) is 83.9 Å². The number of ketones is 1. The summed E-state index contributed by atoms with van der Waals surface area (Å²) in [5.74, 6) is -1.01. The average Bonchev–Trinajstić information content (AvgIpc) is 3.48. The van der Waals surface area contributed by atoms with Crippen molar-refractivity contribution < 1.29 is 23.9 Å². The van der Waals surface area contributed by atoms with Crippen LogP contribution in [0.1, 0.15) is 60.7 Å². The molecule has 4 atom stereocenters. The molecule has 14 heteroatoms. The van der Waals surface area contributed by atoms with E-state index < -0.39 is 23.9 Å². The monoisotopic (exact) mass is 777 g/mol. The smallest absolute Gasteiger partial charge is 0.248 e. The highest BCUT2D eigenvalue weighted by molar-refractivity contribution is 14.1. The lowest BCUT2D eigenvalue weighted by molar-refractivity contribution is -0.137. The summed E-state index contributed by atoms with van der Waals surface area (Å²) in [5.41, 5.74) is 3.54. The van der Waals surface area contributed by atoms with E-state index in [1.807, 2.05) is 26.0 Å². The van der Waals surface area contributed by atoms with Gasteiger partial charge in [-0.15, -0.1) is 0 Å². The van der Waals surface area contributed by atoms with Crippen molar-refractivity contribution >= 4 is 72.8 Å². The molecular weight excluding hydrogens is 748 g/mol. The average molecular weight is 778 g/mol. The van der Waals surface area contributed by atoms with Crippen molar-refractivity contribution in [2.45, 2.75) is 63.8 Å². The Bertz CT molecular complexity index is 1800. The first kappa shape index (κ1) is 32.0. The van der Waals surface area contributed by atoms with Crippen LogP contribution < -0.4 is 5.32 Å². The second-order valence-electron chi connectivity index (χ2n) is 11.1. The number of carbonyl (C=O) groups is 3. The van der Waals surface area contributed by atoms with Crippen molar-refractivity contribution in [2.24, 2.45) is 5.92 Å². The predicted molar refractivity (Wildman–Crippen MR) is 174 cm³/mol. The first-order valence-corrected chi connectivity index (χ1v) is 15.9. The number of rotatable bonds is 7. The first-order valence-electron chi connectivity index (χ1n) is 13.9. The number of anilines is 1. The summed E-state index contributed by atoms with van der Waals surface area (Å²) in [6.45, 7) is 8.30. The van der Waals surface area contributed by atoms with Gasteiger partial charge < -0.3 is 15.3 Å². The van der Waals surface area contributed by atoms with Crippen LogP contribution in [0.5, 0.6) is 0 Å². The van der Waals surface area contributed by atoms with E-state index in [9.17, 15) is 23.9 Å². The van der Waals surface area contributed by atoms with E-state index in [4.69, 9.17) is 0 Å². The minimum atomic E-state index is -0.800. The number of aromatic nitrogens is 5. The number of nitrogens with one attached hydrogen (secondary N) is 1. The van der Waals surface area contributed by atoms with E-state index in [0.29, 0.717) is 34.3 Å². The number of nitrogens with zero attached hydrogens (tertiary/aromatic N) is 6. The summed E-state index contributed by atoms with van der Waals surface area (Å²) in [7, 11) is 0. The third-order valence-electron chi connectivity index (χ3n) is 7.65. The minimum absolute atomic E-state index is 0.0208. The van der Waals surface area contributed by atoms with Crippen molar-refractivity contribution in [1.29, 1.82) is 0 Å². The molecule has 4 aromatic rings. The molecule has 0 saturated carbocycles. The van der Waals surface area contributed by atoms with Gasteiger partial charge in [0.1, 0.15) is 34.8 Å². The normalized spacial score (nSPS) is 18.9. The highest BCUT2D eigenvalue weighted by Crippen LogP contribution is 2.36. The maximum atomic E-state index is 13.9. The summed E-state index contributed by atoms with van der Waals surface area (Å²) in [6.07, 6.45) is 2.85. The van der Waals surface area contributed by atoms with Gasteiger partial charge in [0.15, 0.2) is 17.4 Å². The molecule has 11 nitrogen and oxygen atoms in total. The predicted octanol–water partition coefficient (Wildman–Crippen LogP) is 5.30. The summed E-state index contributed by atoms with van der Waals surface area (Å²) in [5, 5.41) is 17.6. The van der Waals surface area contributed by atoms with Crippen LogP contribution in [-0.4, -0.2) is 62.4 Å². The maximum absolute atomic E-state index is 13.9. The number of alkyl halides is 1. The number of aliphatic hydroxyl groups excluding tert-OH is 1. The standard InChI is InChI=1S/C30H30BrFIN7O4/c1-13-6-18(19-10-34-29(17(5)42)35-11-19)9-20-24(16(4)41)38-39(25(13)20)12-23(43)40-22(8-14(2)27(40)33)30(44)37-28-15(3)7-21(32)26(31)36-28/h6-7,9-11,14,17,22,27,42H,8,12H2,1-5H3,(H,36,37,44)/t14-,17-,22-,27-/m0/s1. The number of aryl methyl sites for hydroxylation is 2. The van der Waals surface area contributed by atoms with Crippen molar-refractivity contribution in [1.82, 2.24) is 29.6 Å². The molecule has 1 fully saturated rings. The highest BCUT2D eigenvalue weighted by atomic mass is 127. The van der Waals surface area contributed by atoms with Crippen LogP contribution >= 0.6 is 38.5 Å². The molecule has 2 N–H and O–H groups in total. The van der Waals surface area contributed by atoms with E-state index >= 15 is 0 Å². The molecule has 1 aromatic carbocycles. The lowest BCUT2D eigenvalue weighted by Gasteiger charge is -2.27. The zero-order valence-electron chi connectivity index (χ0n) is 24.6. The summed E-state index contributed by atoms with van der Waals surface area (Å²) < 4.78 is 15.1. The molecule has 3 aromatic heterocycles. The molecule has 4 heterocycles. The number of likely N-dealkylation sites (tertiary alicyclic amines) is 1. The van der Waals surface area contributed by atoms with Gasteiger partial charge in [0.05, 0.1) is 9.57 Å². The first-order chi connectivity index (χ1) is 20.8. The van der Waals surface area contributed by atoms with Gasteiger partial charge >= 0.3 is 0 Å². The Kier molecular flexibility index (Phi) is 9.14. The molecule has 0 aliphatic carbocycles. The van der Waals surface area contributed by atoms with E-state index in [1.165, 1.54) is 17.7 Å². The minimum Gasteiger partial charge on any atom is -0.385 e. The fourth-order valence-electron chi connectivity index (χ4n) is 5.43. The van der Waals surface area contributed by atoms with Gasteiger partial charge in [-0.2, -0.15) is 5.10 Å². The zero-order chi connectivity index (χ0) is 32.0. The van der Waals surface area contributed by atoms with Crippen LogP contribution in [0.3, 0.4) is 0 Å². The van der Waals surface area contributed by atoms with Crippen molar-refractivity contribution in [3.63, 3.8) is 0 Å². The lowest BCUT2D eigenvalue weighted by atomic mass is 10.0. The van der Waals surface area contributed by atoms with E-state index in [1.54, 1.807) is 31.1 Å². The van der Waals surface area contributed by atoms with Gasteiger partial charge in [-0.25, -0.2) is 19.3 Å². The molecule has 5 rings (SSSR count). The second-order valence-corrected chi connectivity index (χ2v) is 13.1. The lowest BCUT2D eigenvalue weighted by Crippen LogP contribution is -2.47. The molecule has 1 aliphatic heterocycles. The number of amides is 2. The van der Waals surface area contributed by atoms with Crippen molar-refractivity contribution in [3.05, 3.63) is 63.7 Å². The maximum Gasteiger partial charge on any atom is 0.248 e. The van der Waals surface area contributed by atoms with Crippen LogP contribution in [0.4, 0.5) is 10.2 Å². The van der Waals surface area contributed by atoms with Gasteiger partial charge in [0, 0.05) is 30.3 Å². The van der Waals surface area contributed by atoms with Gasteiger partial charge in [0.25, 0.3) is 0 Å². The van der Waals surface area contributed by atoms with Gasteiger partial charge in [0.2, 0.25) is 11.8 Å². The van der Waals surface area contributed by atoms with E-state index in [2.05, 4.69) is 63.9 Å². The Labute approximate surface area is 274 Å². The summed E-state index contributed by atoms with van der Waals surface area (Å²) in [6, 6.07) is 4.21. The molecule has 0 spiro atoms. The third kappa shape index (κ3) is 6.11. The molecule has 1 aliphatic rings. The summed E-state index contributed by atoms with van der Waals surface area (Å²) >= 11 is 5.23. The second kappa shape index (κ2) is 12.6. The van der Waals surface area contributed by atoms with Crippen LogP contribution in [0.2, 0.25) is 0 Å². The number of fused-ring (bicyclic) bond motifs is 1. The zero-order valence-corrected chi connectivity index (χ0v) is 28.3. The molecular formula is C30H30BrFIN7O4. The SMILES string of the molecule is CC(=O)c1nn(CC(=O)N2[C@H](I)[C@@H](C)C[C@H]2C(=O)Nc2nc(Br)c(F)cc2C)c2c(C)cc(-c3cnc([C@H](C)O)nc3)cc12. The van der Waals surface area contributed by atoms with Crippen LogP contribution in [0.15, 0.2) is 35.2 Å². The Morgan fingerprint density at radius 1 is 1.16 bits per heavy atom.